The third-order valence-electron chi connectivity index (χ3n) is 6.19. The summed E-state index contributed by atoms with van der Waals surface area (Å²) in [6.07, 6.45) is 6.08. The van der Waals surface area contributed by atoms with Gasteiger partial charge >= 0.3 is 0 Å². The van der Waals surface area contributed by atoms with E-state index in [-0.39, 0.29) is 22.3 Å². The van der Waals surface area contributed by atoms with Crippen molar-refractivity contribution in [3.05, 3.63) is 82.3 Å². The van der Waals surface area contributed by atoms with Crippen molar-refractivity contribution in [1.29, 1.82) is 0 Å². The Morgan fingerprint density at radius 3 is 2.56 bits per heavy atom. The number of aromatic nitrogens is 4. The Bertz CT molecular complexity index is 1610. The number of halogens is 1. The van der Waals surface area contributed by atoms with Crippen LogP contribution in [-0.4, -0.2) is 40.3 Å². The van der Waals surface area contributed by atoms with Gasteiger partial charge in [-0.15, -0.1) is 0 Å². The van der Waals surface area contributed by atoms with Crippen molar-refractivity contribution in [2.45, 2.75) is 23.9 Å². The van der Waals surface area contributed by atoms with Crippen molar-refractivity contribution >= 4 is 26.6 Å². The van der Waals surface area contributed by atoms with E-state index < -0.39 is 26.8 Å². The fourth-order valence-corrected chi connectivity index (χ4v) is 4.86. The number of carbonyl (C=O) groups is 1. The molecule has 1 aliphatic rings. The SMILES string of the molecule is C[C@@H]1CC1(NC(=O)c1cncc2c1cnn2-c1ccc(F)cc1)c1cc(S(C)(=O)=O)[nH]c(=O)c1. The molecule has 11 heteroatoms. The second kappa shape index (κ2) is 7.59. The molecule has 1 aromatic carbocycles. The van der Waals surface area contributed by atoms with Crippen LogP contribution in [-0.2, 0) is 15.4 Å². The van der Waals surface area contributed by atoms with E-state index in [0.717, 1.165) is 6.26 Å². The zero-order valence-electron chi connectivity index (χ0n) is 18.2. The topological polar surface area (TPSA) is 127 Å². The maximum atomic E-state index is 13.3. The van der Waals surface area contributed by atoms with Gasteiger partial charge < -0.3 is 10.3 Å². The molecule has 1 unspecified atom stereocenters. The summed E-state index contributed by atoms with van der Waals surface area (Å²) < 4.78 is 38.9. The summed E-state index contributed by atoms with van der Waals surface area (Å²) in [4.78, 5) is 32.0. The summed E-state index contributed by atoms with van der Waals surface area (Å²) in [5, 5.41) is 7.67. The molecule has 2 N–H and O–H groups in total. The number of benzene rings is 1. The van der Waals surface area contributed by atoms with E-state index >= 15 is 0 Å². The van der Waals surface area contributed by atoms with E-state index in [0.29, 0.717) is 28.6 Å². The highest BCUT2D eigenvalue weighted by molar-refractivity contribution is 7.90. The highest BCUT2D eigenvalue weighted by Gasteiger charge is 2.54. The Morgan fingerprint density at radius 1 is 1.21 bits per heavy atom. The van der Waals surface area contributed by atoms with Crippen molar-refractivity contribution in [3.8, 4) is 5.69 Å². The number of aromatic amines is 1. The summed E-state index contributed by atoms with van der Waals surface area (Å²) in [6.45, 7) is 1.91. The molecule has 3 aromatic heterocycles. The Hall–Kier alpha value is -3.86. The molecule has 2 atom stereocenters. The molecule has 0 saturated heterocycles. The standard InChI is InChI=1S/C23H20FN5O4S/c1-13-9-23(13,14-7-20(30)27-21(8-14)34(2,32)33)28-22(31)18-10-25-12-19-17(18)11-26-29(19)16-5-3-15(24)4-6-16/h3-8,10-13H,9H2,1-2H3,(H,27,30)(H,28,31)/t13-,23?/m1/s1. The third kappa shape index (κ3) is 3.67. The molecule has 0 aliphatic heterocycles. The molecule has 174 valence electrons. The summed E-state index contributed by atoms with van der Waals surface area (Å²) >= 11 is 0. The van der Waals surface area contributed by atoms with Gasteiger partial charge in [0.05, 0.1) is 34.7 Å². The predicted molar refractivity (Wildman–Crippen MR) is 122 cm³/mol. The summed E-state index contributed by atoms with van der Waals surface area (Å²) in [5.41, 5.74) is 0.444. The zero-order valence-corrected chi connectivity index (χ0v) is 19.1. The minimum atomic E-state index is -3.65. The molecular weight excluding hydrogens is 461 g/mol. The molecule has 0 spiro atoms. The maximum absolute atomic E-state index is 13.3. The molecule has 0 bridgehead atoms. The van der Waals surface area contributed by atoms with Crippen molar-refractivity contribution in [2.24, 2.45) is 5.92 Å². The molecule has 1 aliphatic carbocycles. The highest BCUT2D eigenvalue weighted by Crippen LogP contribution is 2.51. The van der Waals surface area contributed by atoms with Crippen molar-refractivity contribution in [3.63, 3.8) is 0 Å². The fraction of sp³-hybridized carbons (Fsp3) is 0.217. The van der Waals surface area contributed by atoms with Gasteiger partial charge in [-0.1, -0.05) is 6.92 Å². The number of sulfone groups is 1. The Balaban J connectivity index is 1.52. The number of nitrogens with one attached hydrogen (secondary N) is 2. The van der Waals surface area contributed by atoms with Gasteiger partial charge in [0, 0.05) is 23.9 Å². The number of pyridine rings is 2. The van der Waals surface area contributed by atoms with Crippen molar-refractivity contribution in [2.75, 3.05) is 6.26 Å². The first-order chi connectivity index (χ1) is 16.1. The van der Waals surface area contributed by atoms with Crippen LogP contribution in [0.15, 0.2) is 64.8 Å². The van der Waals surface area contributed by atoms with Crippen LogP contribution in [0.5, 0.6) is 0 Å². The summed E-state index contributed by atoms with van der Waals surface area (Å²) in [6, 6.07) is 8.48. The number of nitrogens with zero attached hydrogens (tertiary/aromatic N) is 3. The summed E-state index contributed by atoms with van der Waals surface area (Å²) in [5.74, 6) is -0.817. The minimum absolute atomic E-state index is 0.0141. The molecular formula is C23H20FN5O4S. The first-order valence-corrected chi connectivity index (χ1v) is 12.3. The van der Waals surface area contributed by atoms with Crippen LogP contribution < -0.4 is 10.9 Å². The lowest BCUT2D eigenvalue weighted by atomic mass is 10.0. The lowest BCUT2D eigenvalue weighted by Crippen LogP contribution is -2.37. The largest absolute Gasteiger partial charge is 0.342 e. The average Bonchev–Trinajstić information content (AvgIpc) is 3.23. The van der Waals surface area contributed by atoms with E-state index in [1.807, 2.05) is 6.92 Å². The Labute approximate surface area is 193 Å². The number of hydrogen-bond acceptors (Lipinski definition) is 6. The molecule has 9 nitrogen and oxygen atoms in total. The van der Waals surface area contributed by atoms with E-state index in [2.05, 4.69) is 20.4 Å². The van der Waals surface area contributed by atoms with Crippen molar-refractivity contribution in [1.82, 2.24) is 25.1 Å². The number of hydrogen-bond donors (Lipinski definition) is 2. The van der Waals surface area contributed by atoms with Crippen LogP contribution in [0.2, 0.25) is 0 Å². The predicted octanol–water partition coefficient (Wildman–Crippen LogP) is 2.32. The molecule has 1 saturated carbocycles. The molecule has 34 heavy (non-hydrogen) atoms. The number of fused-ring (bicyclic) bond motifs is 1. The van der Waals surface area contributed by atoms with Gasteiger partial charge in [0.15, 0.2) is 9.84 Å². The molecule has 0 radical (unpaired) electrons. The average molecular weight is 482 g/mol. The zero-order chi connectivity index (χ0) is 24.3. The molecule has 5 rings (SSSR count). The van der Waals surface area contributed by atoms with Crippen molar-refractivity contribution < 1.29 is 17.6 Å². The van der Waals surface area contributed by atoms with Gasteiger partial charge in [0.1, 0.15) is 10.8 Å². The van der Waals surface area contributed by atoms with E-state index in [1.165, 1.54) is 36.7 Å². The van der Waals surface area contributed by atoms with Crippen LogP contribution in [0.4, 0.5) is 4.39 Å². The van der Waals surface area contributed by atoms with E-state index in [1.54, 1.807) is 23.0 Å². The molecule has 1 fully saturated rings. The highest BCUT2D eigenvalue weighted by atomic mass is 32.2. The van der Waals surface area contributed by atoms with Gasteiger partial charge in [0.25, 0.3) is 5.91 Å². The Kier molecular flexibility index (Phi) is 4.90. The molecule has 3 heterocycles. The van der Waals surface area contributed by atoms with Gasteiger partial charge in [-0.05, 0) is 48.2 Å². The number of amides is 1. The minimum Gasteiger partial charge on any atom is -0.342 e. The second-order valence-corrected chi connectivity index (χ2v) is 10.5. The number of rotatable bonds is 5. The first kappa shape index (κ1) is 22.0. The fourth-order valence-electron chi connectivity index (χ4n) is 4.23. The number of H-pyrrole nitrogens is 1. The molecule has 1 amide bonds. The third-order valence-corrected chi connectivity index (χ3v) is 7.21. The Morgan fingerprint density at radius 2 is 1.91 bits per heavy atom. The van der Waals surface area contributed by atoms with E-state index in [9.17, 15) is 22.4 Å². The van der Waals surface area contributed by atoms with Crippen LogP contribution in [0.25, 0.3) is 16.6 Å². The monoisotopic (exact) mass is 481 g/mol. The quantitative estimate of drug-likeness (QED) is 0.450. The van der Waals surface area contributed by atoms with Crippen LogP contribution in [0.3, 0.4) is 0 Å². The summed E-state index contributed by atoms with van der Waals surface area (Å²) in [7, 11) is -3.65. The van der Waals surface area contributed by atoms with Crippen LogP contribution in [0, 0.1) is 11.7 Å². The van der Waals surface area contributed by atoms with Gasteiger partial charge in [-0.25, -0.2) is 17.5 Å². The lowest BCUT2D eigenvalue weighted by Gasteiger charge is -2.20. The first-order valence-electron chi connectivity index (χ1n) is 10.4. The van der Waals surface area contributed by atoms with Crippen LogP contribution >= 0.6 is 0 Å². The smallest absolute Gasteiger partial charge is 0.254 e. The maximum Gasteiger partial charge on any atom is 0.254 e. The van der Waals surface area contributed by atoms with Crippen LogP contribution in [0.1, 0.15) is 29.3 Å². The number of carbonyl (C=O) groups excluding carboxylic acids is 1. The normalized spacial score (nSPS) is 19.8. The molecule has 4 aromatic rings. The van der Waals surface area contributed by atoms with Gasteiger partial charge in [-0.3, -0.25) is 14.6 Å². The van der Waals surface area contributed by atoms with Gasteiger partial charge in [-0.2, -0.15) is 5.10 Å². The van der Waals surface area contributed by atoms with Gasteiger partial charge in [0.2, 0.25) is 5.56 Å². The van der Waals surface area contributed by atoms with E-state index in [4.69, 9.17) is 0 Å². The second-order valence-electron chi connectivity index (χ2n) is 8.55. The lowest BCUT2D eigenvalue weighted by molar-refractivity contribution is 0.0928.